The van der Waals surface area contributed by atoms with Crippen LogP contribution in [-0.2, 0) is 0 Å². The van der Waals surface area contributed by atoms with Gasteiger partial charge in [0.05, 0.1) is 0 Å². The molecular formula is C19H26N2. The summed E-state index contributed by atoms with van der Waals surface area (Å²) in [5.41, 5.74) is 4.00. The normalized spacial score (nSPS) is 12.1. The average molecular weight is 282 g/mol. The van der Waals surface area contributed by atoms with Crippen molar-refractivity contribution in [3.8, 4) is 0 Å². The van der Waals surface area contributed by atoms with Crippen LogP contribution in [0.4, 0.5) is 5.69 Å². The van der Waals surface area contributed by atoms with Gasteiger partial charge in [0, 0.05) is 24.8 Å². The molecule has 0 amide bonds. The maximum atomic E-state index is 3.43. The van der Waals surface area contributed by atoms with Gasteiger partial charge in [-0.05, 0) is 50.6 Å². The topological polar surface area (TPSA) is 15.3 Å². The van der Waals surface area contributed by atoms with Crippen LogP contribution in [0.15, 0.2) is 54.6 Å². The van der Waals surface area contributed by atoms with Gasteiger partial charge in [-0.2, -0.15) is 0 Å². The molecular weight excluding hydrogens is 256 g/mol. The quantitative estimate of drug-likeness (QED) is 0.820. The third-order valence-corrected chi connectivity index (χ3v) is 3.99. The van der Waals surface area contributed by atoms with Gasteiger partial charge in [0.2, 0.25) is 0 Å². The fourth-order valence-electron chi connectivity index (χ4n) is 2.74. The molecule has 0 bridgehead atoms. The van der Waals surface area contributed by atoms with Crippen molar-refractivity contribution in [2.24, 2.45) is 0 Å². The van der Waals surface area contributed by atoms with E-state index in [1.54, 1.807) is 0 Å². The summed E-state index contributed by atoms with van der Waals surface area (Å²) in [5.74, 6) is 0. The molecule has 0 fully saturated rings. The number of hydrogen-bond donors (Lipinski definition) is 1. The number of anilines is 1. The molecule has 1 atom stereocenters. The molecule has 1 N–H and O–H groups in total. The molecule has 0 spiro atoms. The largest absolute Gasteiger partial charge is 0.372 e. The summed E-state index contributed by atoms with van der Waals surface area (Å²) in [6, 6.07) is 19.8. The lowest BCUT2D eigenvalue weighted by atomic mass is 10.0. The molecule has 0 radical (unpaired) electrons. The van der Waals surface area contributed by atoms with E-state index in [1.807, 2.05) is 7.05 Å². The number of aryl methyl sites for hydroxylation is 1. The number of hydrogen-bond acceptors (Lipinski definition) is 2. The fourth-order valence-corrected chi connectivity index (χ4v) is 2.74. The Labute approximate surface area is 128 Å². The second-order valence-electron chi connectivity index (χ2n) is 5.46. The third kappa shape index (κ3) is 4.33. The minimum atomic E-state index is 0.407. The average Bonchev–Trinajstić information content (AvgIpc) is 2.52. The molecule has 0 aliphatic heterocycles. The van der Waals surface area contributed by atoms with Crippen molar-refractivity contribution in [2.45, 2.75) is 26.3 Å². The van der Waals surface area contributed by atoms with Gasteiger partial charge in [-0.15, -0.1) is 0 Å². The van der Waals surface area contributed by atoms with Crippen molar-refractivity contribution in [2.75, 3.05) is 25.0 Å². The van der Waals surface area contributed by atoms with Crippen molar-refractivity contribution in [1.29, 1.82) is 0 Å². The van der Waals surface area contributed by atoms with Gasteiger partial charge in [0.1, 0.15) is 0 Å². The second-order valence-corrected chi connectivity index (χ2v) is 5.46. The molecule has 0 saturated heterocycles. The zero-order valence-electron chi connectivity index (χ0n) is 13.3. The molecule has 0 aliphatic rings. The van der Waals surface area contributed by atoms with E-state index in [4.69, 9.17) is 0 Å². The monoisotopic (exact) mass is 282 g/mol. The molecule has 0 heterocycles. The van der Waals surface area contributed by atoms with Crippen LogP contribution in [0.25, 0.3) is 0 Å². The van der Waals surface area contributed by atoms with Gasteiger partial charge >= 0.3 is 0 Å². The van der Waals surface area contributed by atoms with E-state index in [0.29, 0.717) is 6.04 Å². The fraction of sp³-hybridized carbons (Fsp3) is 0.368. The van der Waals surface area contributed by atoms with Crippen molar-refractivity contribution in [3.63, 3.8) is 0 Å². The molecule has 2 aromatic carbocycles. The molecule has 0 aliphatic carbocycles. The summed E-state index contributed by atoms with van der Waals surface area (Å²) in [6.07, 6.45) is 1.10. The predicted octanol–water partition coefficient (Wildman–Crippen LogP) is 4.17. The predicted molar refractivity (Wildman–Crippen MR) is 91.9 cm³/mol. The first kappa shape index (κ1) is 15.6. The maximum absolute atomic E-state index is 3.43. The van der Waals surface area contributed by atoms with Crippen LogP contribution >= 0.6 is 0 Å². The Kier molecular flexibility index (Phi) is 5.82. The van der Waals surface area contributed by atoms with Crippen molar-refractivity contribution in [3.05, 3.63) is 65.7 Å². The highest BCUT2D eigenvalue weighted by Crippen LogP contribution is 2.20. The molecule has 112 valence electrons. The minimum absolute atomic E-state index is 0.407. The van der Waals surface area contributed by atoms with Gasteiger partial charge < -0.3 is 10.2 Å². The Morgan fingerprint density at radius 1 is 1.05 bits per heavy atom. The van der Waals surface area contributed by atoms with E-state index < -0.39 is 0 Å². The molecule has 2 nitrogen and oxygen atoms in total. The zero-order chi connectivity index (χ0) is 15.1. The summed E-state index contributed by atoms with van der Waals surface area (Å²) in [5, 5.41) is 3.43. The highest BCUT2D eigenvalue weighted by Gasteiger charge is 2.11. The van der Waals surface area contributed by atoms with Crippen LogP contribution in [0.5, 0.6) is 0 Å². The summed E-state index contributed by atoms with van der Waals surface area (Å²) >= 11 is 0. The minimum Gasteiger partial charge on any atom is -0.372 e. The molecule has 0 aromatic heterocycles. The SMILES string of the molecule is CCN(CCC(NC)c1ccccc1)c1cccc(C)c1. The van der Waals surface area contributed by atoms with Crippen LogP contribution in [0.2, 0.25) is 0 Å². The number of rotatable bonds is 7. The summed E-state index contributed by atoms with van der Waals surface area (Å²) < 4.78 is 0. The number of nitrogens with one attached hydrogen (secondary N) is 1. The Bertz CT molecular complexity index is 536. The number of nitrogens with zero attached hydrogens (tertiary/aromatic N) is 1. The molecule has 2 rings (SSSR count). The smallest absolute Gasteiger partial charge is 0.0368 e. The standard InChI is InChI=1S/C19H26N2/c1-4-21(18-12-8-9-16(2)15-18)14-13-19(20-3)17-10-6-5-7-11-17/h5-12,15,19-20H,4,13-14H2,1-3H3. The second kappa shape index (κ2) is 7.84. The van der Waals surface area contributed by atoms with E-state index in [-0.39, 0.29) is 0 Å². The van der Waals surface area contributed by atoms with Crippen molar-refractivity contribution in [1.82, 2.24) is 5.32 Å². The Morgan fingerprint density at radius 2 is 1.81 bits per heavy atom. The molecule has 1 unspecified atom stereocenters. The van der Waals surface area contributed by atoms with E-state index in [2.05, 4.69) is 78.7 Å². The maximum Gasteiger partial charge on any atom is 0.0368 e. The van der Waals surface area contributed by atoms with Crippen LogP contribution in [0.1, 0.15) is 30.5 Å². The first-order valence-corrected chi connectivity index (χ1v) is 7.78. The molecule has 21 heavy (non-hydrogen) atoms. The first-order chi connectivity index (χ1) is 10.2. The van der Waals surface area contributed by atoms with Gasteiger partial charge in [-0.1, -0.05) is 42.5 Å². The van der Waals surface area contributed by atoms with Crippen LogP contribution in [-0.4, -0.2) is 20.1 Å². The molecule has 2 aromatic rings. The highest BCUT2D eigenvalue weighted by atomic mass is 15.1. The lowest BCUT2D eigenvalue weighted by Crippen LogP contribution is -2.28. The first-order valence-electron chi connectivity index (χ1n) is 7.78. The van der Waals surface area contributed by atoms with E-state index in [0.717, 1.165) is 19.5 Å². The van der Waals surface area contributed by atoms with E-state index in [1.165, 1.54) is 16.8 Å². The van der Waals surface area contributed by atoms with Gasteiger partial charge in [0.15, 0.2) is 0 Å². The zero-order valence-corrected chi connectivity index (χ0v) is 13.3. The summed E-state index contributed by atoms with van der Waals surface area (Å²) in [6.45, 7) is 6.46. The number of benzene rings is 2. The summed E-state index contributed by atoms with van der Waals surface area (Å²) in [7, 11) is 2.04. The van der Waals surface area contributed by atoms with Gasteiger partial charge in [0.25, 0.3) is 0 Å². The van der Waals surface area contributed by atoms with Crippen LogP contribution < -0.4 is 10.2 Å². The van der Waals surface area contributed by atoms with E-state index in [9.17, 15) is 0 Å². The summed E-state index contributed by atoms with van der Waals surface area (Å²) in [4.78, 5) is 2.44. The lowest BCUT2D eigenvalue weighted by molar-refractivity contribution is 0.544. The highest BCUT2D eigenvalue weighted by molar-refractivity contribution is 5.48. The van der Waals surface area contributed by atoms with Crippen LogP contribution in [0.3, 0.4) is 0 Å². The molecule has 0 saturated carbocycles. The van der Waals surface area contributed by atoms with Gasteiger partial charge in [-0.3, -0.25) is 0 Å². The van der Waals surface area contributed by atoms with Gasteiger partial charge in [-0.25, -0.2) is 0 Å². The van der Waals surface area contributed by atoms with E-state index >= 15 is 0 Å². The van der Waals surface area contributed by atoms with Crippen molar-refractivity contribution < 1.29 is 0 Å². The lowest BCUT2D eigenvalue weighted by Gasteiger charge is -2.26. The Hall–Kier alpha value is -1.80. The Morgan fingerprint density at radius 3 is 2.43 bits per heavy atom. The molecule has 2 heteroatoms. The van der Waals surface area contributed by atoms with Crippen molar-refractivity contribution >= 4 is 5.69 Å². The third-order valence-electron chi connectivity index (χ3n) is 3.99. The van der Waals surface area contributed by atoms with Crippen LogP contribution in [0, 0.1) is 6.92 Å². The Balaban J connectivity index is 2.02.